The van der Waals surface area contributed by atoms with Crippen LogP contribution in [-0.4, -0.2) is 19.7 Å². The first kappa shape index (κ1) is 13.5. The summed E-state index contributed by atoms with van der Waals surface area (Å²) in [5, 5.41) is 7.31. The molecule has 0 amide bonds. The molecule has 0 unspecified atom stereocenters. The first-order valence-corrected chi connectivity index (χ1v) is 7.70. The number of pyridine rings is 1. The van der Waals surface area contributed by atoms with Gasteiger partial charge in [0.05, 0.1) is 0 Å². The normalized spacial score (nSPS) is 22.9. The van der Waals surface area contributed by atoms with Crippen molar-refractivity contribution in [2.75, 3.05) is 0 Å². The summed E-state index contributed by atoms with van der Waals surface area (Å²) >= 11 is 5.39. The van der Waals surface area contributed by atoms with Gasteiger partial charge < -0.3 is 0 Å². The maximum absolute atomic E-state index is 5.39. The summed E-state index contributed by atoms with van der Waals surface area (Å²) in [6, 6.07) is 3.95. The third kappa shape index (κ3) is 2.82. The summed E-state index contributed by atoms with van der Waals surface area (Å²) in [6.45, 7) is 3.32. The fourth-order valence-corrected chi connectivity index (χ4v) is 3.18. The number of H-pyrrole nitrogens is 1. The molecule has 0 aromatic carbocycles. The Bertz CT molecular complexity index is 608. The molecule has 2 aromatic heterocycles. The standard InChI is InChI=1S/C15H20N4S/c1-11-2-4-12(5-3-11)10-19-14(17-18-15(19)20)13-6-8-16-9-7-13/h6-9,11-12H,2-5,10H2,1H3,(H,18,20). The van der Waals surface area contributed by atoms with E-state index >= 15 is 0 Å². The summed E-state index contributed by atoms with van der Waals surface area (Å²) < 4.78 is 2.86. The largest absolute Gasteiger partial charge is 0.300 e. The van der Waals surface area contributed by atoms with Gasteiger partial charge >= 0.3 is 0 Å². The number of nitrogens with one attached hydrogen (secondary N) is 1. The Labute approximate surface area is 124 Å². The van der Waals surface area contributed by atoms with E-state index in [0.717, 1.165) is 34.5 Å². The van der Waals surface area contributed by atoms with Crippen LogP contribution in [0.4, 0.5) is 0 Å². The number of nitrogens with zero attached hydrogens (tertiary/aromatic N) is 3. The lowest BCUT2D eigenvalue weighted by molar-refractivity contribution is 0.264. The Hall–Kier alpha value is -1.49. The van der Waals surface area contributed by atoms with Gasteiger partial charge in [-0.15, -0.1) is 0 Å². The lowest BCUT2D eigenvalue weighted by Crippen LogP contribution is -2.18. The average molecular weight is 288 g/mol. The highest BCUT2D eigenvalue weighted by atomic mass is 32.1. The van der Waals surface area contributed by atoms with Crippen LogP contribution in [0.15, 0.2) is 24.5 Å². The second-order valence-electron chi connectivity index (χ2n) is 5.82. The van der Waals surface area contributed by atoms with Crippen LogP contribution in [0.5, 0.6) is 0 Å². The van der Waals surface area contributed by atoms with E-state index in [2.05, 4.69) is 26.7 Å². The Morgan fingerprint density at radius 3 is 2.65 bits per heavy atom. The average Bonchev–Trinajstić information content (AvgIpc) is 2.84. The summed E-state index contributed by atoms with van der Waals surface area (Å²) in [4.78, 5) is 4.06. The Morgan fingerprint density at radius 2 is 1.95 bits per heavy atom. The van der Waals surface area contributed by atoms with Crippen molar-refractivity contribution < 1.29 is 0 Å². The molecule has 4 nitrogen and oxygen atoms in total. The molecule has 1 aliphatic rings. The molecule has 0 bridgehead atoms. The number of rotatable bonds is 3. The van der Waals surface area contributed by atoms with E-state index in [1.807, 2.05) is 12.1 Å². The van der Waals surface area contributed by atoms with Crippen LogP contribution in [0.25, 0.3) is 11.4 Å². The number of hydrogen-bond acceptors (Lipinski definition) is 3. The number of aromatic nitrogens is 4. The molecule has 0 atom stereocenters. The fraction of sp³-hybridized carbons (Fsp3) is 0.533. The van der Waals surface area contributed by atoms with Crippen molar-refractivity contribution in [3.63, 3.8) is 0 Å². The van der Waals surface area contributed by atoms with Crippen LogP contribution in [-0.2, 0) is 6.54 Å². The predicted octanol–water partition coefficient (Wildman–Crippen LogP) is 3.83. The van der Waals surface area contributed by atoms with Gasteiger partial charge in [0.2, 0.25) is 0 Å². The zero-order chi connectivity index (χ0) is 13.9. The van der Waals surface area contributed by atoms with E-state index in [-0.39, 0.29) is 0 Å². The van der Waals surface area contributed by atoms with Gasteiger partial charge in [0.25, 0.3) is 0 Å². The van der Waals surface area contributed by atoms with Gasteiger partial charge in [0, 0.05) is 24.5 Å². The van der Waals surface area contributed by atoms with Gasteiger partial charge in [0.15, 0.2) is 10.6 Å². The quantitative estimate of drug-likeness (QED) is 0.873. The second-order valence-corrected chi connectivity index (χ2v) is 6.21. The minimum Gasteiger partial charge on any atom is -0.300 e. The van der Waals surface area contributed by atoms with Crippen molar-refractivity contribution in [2.45, 2.75) is 39.2 Å². The molecule has 1 aliphatic carbocycles. The van der Waals surface area contributed by atoms with E-state index in [1.165, 1.54) is 25.7 Å². The third-order valence-electron chi connectivity index (χ3n) is 4.27. The number of hydrogen-bond donors (Lipinski definition) is 1. The van der Waals surface area contributed by atoms with E-state index in [0.29, 0.717) is 0 Å². The zero-order valence-corrected chi connectivity index (χ0v) is 12.6. The molecule has 0 radical (unpaired) electrons. The molecule has 2 aromatic rings. The lowest BCUT2D eigenvalue weighted by atomic mass is 9.83. The van der Waals surface area contributed by atoms with Crippen LogP contribution < -0.4 is 0 Å². The van der Waals surface area contributed by atoms with Gasteiger partial charge in [-0.3, -0.25) is 14.6 Å². The van der Waals surface area contributed by atoms with Crippen molar-refractivity contribution in [3.05, 3.63) is 29.3 Å². The van der Waals surface area contributed by atoms with Gasteiger partial charge in [-0.05, 0) is 49.0 Å². The Balaban J connectivity index is 1.83. The van der Waals surface area contributed by atoms with Crippen molar-refractivity contribution in [1.82, 2.24) is 19.7 Å². The van der Waals surface area contributed by atoms with E-state index < -0.39 is 0 Å². The van der Waals surface area contributed by atoms with E-state index in [4.69, 9.17) is 12.2 Å². The van der Waals surface area contributed by atoms with Gasteiger partial charge in [-0.1, -0.05) is 19.8 Å². The summed E-state index contributed by atoms with van der Waals surface area (Å²) in [5.74, 6) is 2.52. The minimum atomic E-state index is 0.718. The van der Waals surface area contributed by atoms with Gasteiger partial charge in [0.1, 0.15) is 0 Å². The maximum atomic E-state index is 5.39. The van der Waals surface area contributed by atoms with Crippen molar-refractivity contribution >= 4 is 12.2 Å². The summed E-state index contributed by atoms with van der Waals surface area (Å²) in [5.41, 5.74) is 1.07. The lowest BCUT2D eigenvalue weighted by Gasteiger charge is -2.26. The van der Waals surface area contributed by atoms with Gasteiger partial charge in [-0.2, -0.15) is 5.10 Å². The SMILES string of the molecule is CC1CCC(Cn2c(-c3ccncc3)n[nH]c2=S)CC1. The smallest absolute Gasteiger partial charge is 0.195 e. The van der Waals surface area contributed by atoms with Crippen LogP contribution >= 0.6 is 12.2 Å². The maximum Gasteiger partial charge on any atom is 0.195 e. The molecule has 1 saturated carbocycles. The van der Waals surface area contributed by atoms with Crippen molar-refractivity contribution in [2.24, 2.45) is 11.8 Å². The molecule has 1 fully saturated rings. The predicted molar refractivity (Wildman–Crippen MR) is 81.8 cm³/mol. The van der Waals surface area contributed by atoms with Crippen LogP contribution in [0.3, 0.4) is 0 Å². The first-order valence-electron chi connectivity index (χ1n) is 7.29. The van der Waals surface area contributed by atoms with E-state index in [9.17, 15) is 0 Å². The summed E-state index contributed by atoms with van der Waals surface area (Å²) in [7, 11) is 0. The molecule has 20 heavy (non-hydrogen) atoms. The topological polar surface area (TPSA) is 46.5 Å². The highest BCUT2D eigenvalue weighted by molar-refractivity contribution is 7.71. The molecule has 1 N–H and O–H groups in total. The summed E-state index contributed by atoms with van der Waals surface area (Å²) in [6.07, 6.45) is 8.84. The molecule has 2 heterocycles. The fourth-order valence-electron chi connectivity index (χ4n) is 2.98. The van der Waals surface area contributed by atoms with E-state index in [1.54, 1.807) is 12.4 Å². The zero-order valence-electron chi connectivity index (χ0n) is 11.7. The van der Waals surface area contributed by atoms with Crippen LogP contribution in [0.1, 0.15) is 32.6 Å². The van der Waals surface area contributed by atoms with Crippen molar-refractivity contribution in [1.29, 1.82) is 0 Å². The molecule has 0 spiro atoms. The molecule has 5 heteroatoms. The van der Waals surface area contributed by atoms with Crippen molar-refractivity contribution in [3.8, 4) is 11.4 Å². The first-order chi connectivity index (χ1) is 9.74. The molecular weight excluding hydrogens is 268 g/mol. The number of aromatic amines is 1. The Kier molecular flexibility index (Phi) is 3.96. The highest BCUT2D eigenvalue weighted by Crippen LogP contribution is 2.30. The molecule has 106 valence electrons. The highest BCUT2D eigenvalue weighted by Gasteiger charge is 2.20. The molecule has 0 aliphatic heterocycles. The Morgan fingerprint density at radius 1 is 1.25 bits per heavy atom. The van der Waals surface area contributed by atoms with Crippen LogP contribution in [0.2, 0.25) is 0 Å². The molecule has 3 rings (SSSR count). The third-order valence-corrected chi connectivity index (χ3v) is 4.58. The minimum absolute atomic E-state index is 0.718. The van der Waals surface area contributed by atoms with Crippen LogP contribution in [0, 0.1) is 16.6 Å². The molecular formula is C15H20N4S. The van der Waals surface area contributed by atoms with Gasteiger partial charge in [-0.25, -0.2) is 0 Å². The monoisotopic (exact) mass is 288 g/mol. The molecule has 0 saturated heterocycles. The second kappa shape index (κ2) is 5.87.